The summed E-state index contributed by atoms with van der Waals surface area (Å²) in [6, 6.07) is 0. The second-order valence-electron chi connectivity index (χ2n) is 7.35. The quantitative estimate of drug-likeness (QED) is 0.549. The maximum Gasteiger partial charge on any atom is 0.311 e. The van der Waals surface area contributed by atoms with Crippen molar-refractivity contribution in [3.05, 3.63) is 30.1 Å². The molecule has 3 heterocycles. The van der Waals surface area contributed by atoms with Crippen LogP contribution in [-0.2, 0) is 32.8 Å². The van der Waals surface area contributed by atoms with Crippen LogP contribution >= 0.6 is 0 Å². The van der Waals surface area contributed by atoms with Crippen molar-refractivity contribution in [3.8, 4) is 0 Å². The number of carbonyl (C=O) groups excluding carboxylic acids is 2. The number of carbonyl (C=O) groups is 2. The van der Waals surface area contributed by atoms with Crippen LogP contribution in [0.5, 0.6) is 0 Å². The van der Waals surface area contributed by atoms with E-state index in [0.717, 1.165) is 25.3 Å². The summed E-state index contributed by atoms with van der Waals surface area (Å²) in [5.41, 5.74) is 1.57. The lowest BCUT2D eigenvalue weighted by Gasteiger charge is -2.45. The zero-order chi connectivity index (χ0) is 19.6. The molecule has 148 valence electrons. The highest BCUT2D eigenvalue weighted by molar-refractivity contribution is 5.88. The molecule has 1 aromatic heterocycles. The molecule has 0 bridgehead atoms. The molecule has 0 N–H and O–H groups in total. The first-order valence-electron chi connectivity index (χ1n) is 9.27. The first-order chi connectivity index (χ1) is 12.9. The smallest absolute Gasteiger partial charge is 0.311 e. The first-order valence-corrected chi connectivity index (χ1v) is 9.27. The topological polar surface area (TPSA) is 76.9 Å². The number of piperidine rings is 1. The van der Waals surface area contributed by atoms with E-state index in [1.807, 2.05) is 24.9 Å². The molecule has 1 amide bonds. The van der Waals surface area contributed by atoms with Crippen molar-refractivity contribution in [1.82, 2.24) is 19.7 Å². The second kappa shape index (κ2) is 7.82. The van der Waals surface area contributed by atoms with E-state index in [0.29, 0.717) is 12.8 Å². The van der Waals surface area contributed by atoms with Crippen LogP contribution in [0.2, 0.25) is 0 Å². The van der Waals surface area contributed by atoms with Gasteiger partial charge in [-0.15, -0.1) is 6.58 Å². The molecular formula is C19H28N4O4. The summed E-state index contributed by atoms with van der Waals surface area (Å²) >= 11 is 0. The minimum Gasteiger partial charge on any atom is -0.469 e. The third-order valence-electron chi connectivity index (χ3n) is 5.70. The third kappa shape index (κ3) is 3.64. The molecule has 1 spiro atoms. The molecule has 2 aliphatic rings. The third-order valence-corrected chi connectivity index (χ3v) is 5.70. The number of methoxy groups -OCH3 is 1. The van der Waals surface area contributed by atoms with Gasteiger partial charge in [0.15, 0.2) is 0 Å². The fourth-order valence-electron chi connectivity index (χ4n) is 4.30. The number of aromatic nitrogens is 2. The van der Waals surface area contributed by atoms with Crippen molar-refractivity contribution in [2.75, 3.05) is 26.8 Å². The molecule has 8 nitrogen and oxygen atoms in total. The summed E-state index contributed by atoms with van der Waals surface area (Å²) in [5.74, 6) is -1.00. The maximum atomic E-state index is 12.5. The van der Waals surface area contributed by atoms with Crippen LogP contribution in [0.3, 0.4) is 0 Å². The van der Waals surface area contributed by atoms with Crippen molar-refractivity contribution < 1.29 is 19.2 Å². The highest BCUT2D eigenvalue weighted by Gasteiger charge is 2.58. The van der Waals surface area contributed by atoms with Crippen LogP contribution in [0.15, 0.2) is 18.9 Å². The Balaban J connectivity index is 1.76. The lowest BCUT2D eigenvalue weighted by atomic mass is 9.77. The zero-order valence-corrected chi connectivity index (χ0v) is 16.3. The Bertz CT molecular complexity index is 721. The number of aryl methyl sites for hydroxylation is 2. The van der Waals surface area contributed by atoms with Crippen LogP contribution in [0, 0.1) is 12.8 Å². The molecule has 0 aliphatic carbocycles. The molecular weight excluding hydrogens is 348 g/mol. The van der Waals surface area contributed by atoms with Gasteiger partial charge in [0.05, 0.1) is 30.9 Å². The average Bonchev–Trinajstić information content (AvgIpc) is 3.10. The Morgan fingerprint density at radius 1 is 1.44 bits per heavy atom. The lowest BCUT2D eigenvalue weighted by Crippen LogP contribution is -2.57. The summed E-state index contributed by atoms with van der Waals surface area (Å²) in [5, 5.41) is 5.83. The number of likely N-dealkylation sites (tertiary alicyclic amines) is 1. The molecule has 2 aliphatic heterocycles. The highest BCUT2D eigenvalue weighted by Crippen LogP contribution is 2.44. The summed E-state index contributed by atoms with van der Waals surface area (Å²) in [7, 11) is 3.29. The molecule has 2 saturated heterocycles. The highest BCUT2D eigenvalue weighted by atomic mass is 16.7. The van der Waals surface area contributed by atoms with Crippen LogP contribution in [-0.4, -0.2) is 64.0 Å². The summed E-state index contributed by atoms with van der Waals surface area (Å²) in [4.78, 5) is 32.9. The maximum absolute atomic E-state index is 12.5. The van der Waals surface area contributed by atoms with E-state index < -0.39 is 11.5 Å². The number of ether oxygens (including phenoxy) is 1. The van der Waals surface area contributed by atoms with E-state index in [2.05, 4.69) is 16.6 Å². The van der Waals surface area contributed by atoms with Gasteiger partial charge in [-0.05, 0) is 19.8 Å². The molecule has 3 rings (SSSR count). The Hall–Kier alpha value is -2.19. The largest absolute Gasteiger partial charge is 0.469 e. The lowest BCUT2D eigenvalue weighted by molar-refractivity contribution is -0.218. The molecule has 2 fully saturated rings. The second-order valence-corrected chi connectivity index (χ2v) is 7.35. The molecule has 27 heavy (non-hydrogen) atoms. The van der Waals surface area contributed by atoms with Gasteiger partial charge in [0.2, 0.25) is 5.91 Å². The Morgan fingerprint density at radius 3 is 2.70 bits per heavy atom. The van der Waals surface area contributed by atoms with Gasteiger partial charge in [-0.3, -0.25) is 24.0 Å². The standard InChI is InChI=1S/C19H28N4O4/c1-5-10-27-23-17(24)11-16(18(25)26-4)19(23)6-8-22(9-7-19)13-15-12-21(3)20-14(15)2/h5,12,16H,1,6-11,13H2,2-4H3. The number of rotatable bonds is 6. The van der Waals surface area contributed by atoms with E-state index in [1.54, 1.807) is 6.08 Å². The van der Waals surface area contributed by atoms with Crippen molar-refractivity contribution in [1.29, 1.82) is 0 Å². The van der Waals surface area contributed by atoms with Crippen LogP contribution in [0.1, 0.15) is 30.5 Å². The van der Waals surface area contributed by atoms with Gasteiger partial charge < -0.3 is 4.74 Å². The van der Waals surface area contributed by atoms with E-state index in [9.17, 15) is 9.59 Å². The predicted molar refractivity (Wildman–Crippen MR) is 98.3 cm³/mol. The number of hydrogen-bond donors (Lipinski definition) is 0. The number of hydroxylamine groups is 2. The molecule has 1 atom stereocenters. The van der Waals surface area contributed by atoms with Crippen LogP contribution in [0.4, 0.5) is 0 Å². The SMILES string of the molecule is C=CCON1C(=O)CC(C(=O)OC)C12CCN(Cc1cn(C)nc1C)CC2. The van der Waals surface area contributed by atoms with Crippen molar-refractivity contribution >= 4 is 11.9 Å². The molecule has 8 heteroatoms. The van der Waals surface area contributed by atoms with Crippen LogP contribution in [0.25, 0.3) is 0 Å². The molecule has 1 unspecified atom stereocenters. The Labute approximate surface area is 159 Å². The van der Waals surface area contributed by atoms with E-state index in [-0.39, 0.29) is 24.9 Å². The first kappa shape index (κ1) is 19.6. The van der Waals surface area contributed by atoms with Gasteiger partial charge in [-0.1, -0.05) is 6.08 Å². The van der Waals surface area contributed by atoms with Gasteiger partial charge in [-0.2, -0.15) is 5.10 Å². The fourth-order valence-corrected chi connectivity index (χ4v) is 4.30. The van der Waals surface area contributed by atoms with Crippen molar-refractivity contribution in [2.24, 2.45) is 13.0 Å². The summed E-state index contributed by atoms with van der Waals surface area (Å²) in [6.07, 6.45) is 5.10. The molecule has 0 radical (unpaired) electrons. The Kier molecular flexibility index (Phi) is 5.67. The van der Waals surface area contributed by atoms with E-state index >= 15 is 0 Å². The van der Waals surface area contributed by atoms with Gasteiger partial charge in [-0.25, -0.2) is 5.06 Å². The number of amides is 1. The fraction of sp³-hybridized carbons (Fsp3) is 0.632. The van der Waals surface area contributed by atoms with Gasteiger partial charge >= 0.3 is 5.97 Å². The number of esters is 1. The molecule has 0 aromatic carbocycles. The van der Waals surface area contributed by atoms with E-state index in [1.165, 1.54) is 17.7 Å². The minimum atomic E-state index is -0.645. The predicted octanol–water partition coefficient (Wildman–Crippen LogP) is 1.20. The van der Waals surface area contributed by atoms with Crippen molar-refractivity contribution in [2.45, 2.75) is 38.3 Å². The monoisotopic (exact) mass is 376 g/mol. The number of nitrogens with zero attached hydrogens (tertiary/aromatic N) is 4. The van der Waals surface area contributed by atoms with Crippen molar-refractivity contribution in [3.63, 3.8) is 0 Å². The number of hydrogen-bond acceptors (Lipinski definition) is 6. The zero-order valence-electron chi connectivity index (χ0n) is 16.3. The van der Waals surface area contributed by atoms with Crippen LogP contribution < -0.4 is 0 Å². The molecule has 0 saturated carbocycles. The molecule has 1 aromatic rings. The average molecular weight is 376 g/mol. The van der Waals surface area contributed by atoms with E-state index in [4.69, 9.17) is 9.57 Å². The summed E-state index contributed by atoms with van der Waals surface area (Å²) in [6.45, 7) is 8.23. The normalized spacial score (nSPS) is 22.4. The van der Waals surface area contributed by atoms with Gasteiger partial charge in [0, 0.05) is 44.9 Å². The summed E-state index contributed by atoms with van der Waals surface area (Å²) < 4.78 is 6.81. The van der Waals surface area contributed by atoms with Gasteiger partial charge in [0.25, 0.3) is 0 Å². The minimum absolute atomic E-state index is 0.130. The van der Waals surface area contributed by atoms with Gasteiger partial charge in [0.1, 0.15) is 0 Å². The Morgan fingerprint density at radius 2 is 2.15 bits per heavy atom.